The summed E-state index contributed by atoms with van der Waals surface area (Å²) in [5, 5.41) is 3.39. The van der Waals surface area contributed by atoms with Crippen LogP contribution in [0.25, 0.3) is 0 Å². The van der Waals surface area contributed by atoms with Crippen LogP contribution in [0.2, 0.25) is 0 Å². The summed E-state index contributed by atoms with van der Waals surface area (Å²) in [4.78, 5) is 17.7. The lowest BCUT2D eigenvalue weighted by Crippen LogP contribution is -2.55. The normalized spacial score (nSPS) is 40.9. The Labute approximate surface area is 134 Å². The Kier molecular flexibility index (Phi) is 3.93. The monoisotopic (exact) mass is 305 g/mol. The average molecular weight is 305 g/mol. The summed E-state index contributed by atoms with van der Waals surface area (Å²) in [5.41, 5.74) is 0.0347. The molecule has 4 saturated carbocycles. The van der Waals surface area contributed by atoms with Gasteiger partial charge >= 0.3 is 0 Å². The van der Waals surface area contributed by atoms with Crippen LogP contribution >= 0.6 is 0 Å². The fraction of sp³-hybridized carbons (Fsp3) is 0.944. The van der Waals surface area contributed by atoms with Gasteiger partial charge in [0, 0.05) is 46.3 Å². The quantitative estimate of drug-likeness (QED) is 0.856. The summed E-state index contributed by atoms with van der Waals surface area (Å²) in [6.45, 7) is 6.37. The molecule has 1 amide bonds. The molecule has 1 saturated heterocycles. The van der Waals surface area contributed by atoms with Gasteiger partial charge in [-0.2, -0.15) is 0 Å². The van der Waals surface area contributed by atoms with Gasteiger partial charge in [0.1, 0.15) is 0 Å². The van der Waals surface area contributed by atoms with Crippen LogP contribution in [0.3, 0.4) is 0 Å². The Morgan fingerprint density at radius 3 is 2.18 bits per heavy atom. The summed E-state index contributed by atoms with van der Waals surface area (Å²) in [5.74, 6) is 3.05. The van der Waals surface area contributed by atoms with Gasteiger partial charge in [0.2, 0.25) is 5.91 Å². The standard InChI is InChI=1S/C18H31N3O/c1-20(6-7-21-4-2-19-3-5-21)17(22)18-11-14-8-15(12-18)10-16(9-14)13-18/h14-16,19H,2-13H2,1H3. The number of likely N-dealkylation sites (N-methyl/N-ethyl adjacent to an activating group) is 1. The van der Waals surface area contributed by atoms with Crippen LogP contribution in [-0.2, 0) is 4.79 Å². The fourth-order valence-electron chi connectivity index (χ4n) is 6.11. The number of nitrogens with one attached hydrogen (secondary N) is 1. The van der Waals surface area contributed by atoms with Gasteiger partial charge in [-0.3, -0.25) is 9.69 Å². The molecule has 0 unspecified atom stereocenters. The van der Waals surface area contributed by atoms with E-state index in [9.17, 15) is 4.79 Å². The highest BCUT2D eigenvalue weighted by atomic mass is 16.2. The second-order valence-electron chi connectivity index (χ2n) is 8.52. The van der Waals surface area contributed by atoms with Crippen molar-refractivity contribution in [2.24, 2.45) is 23.2 Å². The summed E-state index contributed by atoms with van der Waals surface area (Å²) < 4.78 is 0. The van der Waals surface area contributed by atoms with E-state index < -0.39 is 0 Å². The molecule has 1 aliphatic heterocycles. The van der Waals surface area contributed by atoms with Gasteiger partial charge in [0.15, 0.2) is 0 Å². The zero-order chi connectivity index (χ0) is 15.2. The molecule has 0 radical (unpaired) electrons. The van der Waals surface area contributed by atoms with E-state index in [1.165, 1.54) is 38.5 Å². The molecule has 0 spiro atoms. The van der Waals surface area contributed by atoms with Crippen LogP contribution in [0.15, 0.2) is 0 Å². The number of piperazine rings is 1. The highest BCUT2D eigenvalue weighted by Gasteiger charge is 2.55. The minimum atomic E-state index is 0.0347. The first-order valence-electron chi connectivity index (χ1n) is 9.33. The number of carbonyl (C=O) groups excluding carboxylic acids is 1. The maximum Gasteiger partial charge on any atom is 0.228 e. The van der Waals surface area contributed by atoms with E-state index >= 15 is 0 Å². The van der Waals surface area contributed by atoms with Gasteiger partial charge in [-0.1, -0.05) is 0 Å². The Bertz CT molecular complexity index is 395. The van der Waals surface area contributed by atoms with Crippen molar-refractivity contribution >= 4 is 5.91 Å². The van der Waals surface area contributed by atoms with E-state index in [4.69, 9.17) is 0 Å². The van der Waals surface area contributed by atoms with Crippen LogP contribution < -0.4 is 5.32 Å². The van der Waals surface area contributed by atoms with Gasteiger partial charge in [0.25, 0.3) is 0 Å². The maximum atomic E-state index is 13.2. The van der Waals surface area contributed by atoms with Crippen LogP contribution in [0, 0.1) is 23.2 Å². The lowest BCUT2D eigenvalue weighted by molar-refractivity contribution is -0.156. The Morgan fingerprint density at radius 2 is 1.64 bits per heavy atom. The van der Waals surface area contributed by atoms with Crippen molar-refractivity contribution < 1.29 is 4.79 Å². The molecule has 4 heteroatoms. The van der Waals surface area contributed by atoms with Gasteiger partial charge in [-0.25, -0.2) is 0 Å². The predicted molar refractivity (Wildman–Crippen MR) is 87.6 cm³/mol. The molecule has 5 fully saturated rings. The molecule has 5 rings (SSSR count). The first-order valence-corrected chi connectivity index (χ1v) is 9.33. The third kappa shape index (κ3) is 2.69. The number of hydrogen-bond acceptors (Lipinski definition) is 3. The molecule has 0 aromatic rings. The van der Waals surface area contributed by atoms with Crippen LogP contribution in [0.4, 0.5) is 0 Å². The highest BCUT2D eigenvalue weighted by molar-refractivity contribution is 5.83. The van der Waals surface area contributed by atoms with E-state index in [0.717, 1.165) is 57.0 Å². The molecule has 4 bridgehead atoms. The number of nitrogens with zero attached hydrogens (tertiary/aromatic N) is 2. The van der Waals surface area contributed by atoms with Crippen LogP contribution in [0.5, 0.6) is 0 Å². The number of carbonyl (C=O) groups is 1. The van der Waals surface area contributed by atoms with E-state index in [1.807, 2.05) is 7.05 Å². The lowest BCUT2D eigenvalue weighted by atomic mass is 9.49. The molecule has 1 N–H and O–H groups in total. The zero-order valence-electron chi connectivity index (χ0n) is 14.0. The molecular formula is C18H31N3O. The van der Waals surface area contributed by atoms with Crippen molar-refractivity contribution in [2.45, 2.75) is 38.5 Å². The Hall–Kier alpha value is -0.610. The first kappa shape index (κ1) is 14.9. The SMILES string of the molecule is CN(CCN1CCNCC1)C(=O)C12CC3CC(CC(C3)C1)C2. The predicted octanol–water partition coefficient (Wildman–Crippen LogP) is 1.57. The summed E-state index contributed by atoms with van der Waals surface area (Å²) in [6.07, 6.45) is 7.81. The van der Waals surface area contributed by atoms with Crippen molar-refractivity contribution in [1.82, 2.24) is 15.1 Å². The summed E-state index contributed by atoms with van der Waals surface area (Å²) in [6, 6.07) is 0. The molecule has 0 aromatic heterocycles. The van der Waals surface area contributed by atoms with Gasteiger partial charge < -0.3 is 10.2 Å². The van der Waals surface area contributed by atoms with Crippen molar-refractivity contribution in [3.63, 3.8) is 0 Å². The van der Waals surface area contributed by atoms with E-state index in [-0.39, 0.29) is 5.41 Å². The van der Waals surface area contributed by atoms with Crippen LogP contribution in [0.1, 0.15) is 38.5 Å². The Balaban J connectivity index is 1.36. The van der Waals surface area contributed by atoms with Crippen molar-refractivity contribution in [1.29, 1.82) is 0 Å². The van der Waals surface area contributed by atoms with E-state index in [1.54, 1.807) is 0 Å². The number of rotatable bonds is 4. The highest BCUT2D eigenvalue weighted by Crippen LogP contribution is 2.60. The fourth-order valence-corrected chi connectivity index (χ4v) is 6.11. The molecule has 5 aliphatic rings. The third-order valence-electron chi connectivity index (χ3n) is 6.80. The molecule has 4 aliphatic carbocycles. The molecular weight excluding hydrogens is 274 g/mol. The minimum Gasteiger partial charge on any atom is -0.344 e. The van der Waals surface area contributed by atoms with Crippen LogP contribution in [-0.4, -0.2) is 62.0 Å². The second kappa shape index (κ2) is 5.79. The van der Waals surface area contributed by atoms with Crippen molar-refractivity contribution in [3.8, 4) is 0 Å². The van der Waals surface area contributed by atoms with Gasteiger partial charge in [-0.15, -0.1) is 0 Å². The molecule has 1 heterocycles. The van der Waals surface area contributed by atoms with Crippen molar-refractivity contribution in [3.05, 3.63) is 0 Å². The topological polar surface area (TPSA) is 35.6 Å². The number of amides is 1. The van der Waals surface area contributed by atoms with E-state index in [0.29, 0.717) is 5.91 Å². The zero-order valence-corrected chi connectivity index (χ0v) is 14.0. The number of hydrogen-bond donors (Lipinski definition) is 1. The first-order chi connectivity index (χ1) is 10.6. The average Bonchev–Trinajstić information content (AvgIpc) is 2.51. The molecule has 22 heavy (non-hydrogen) atoms. The summed E-state index contributed by atoms with van der Waals surface area (Å²) in [7, 11) is 2.04. The maximum absolute atomic E-state index is 13.2. The smallest absolute Gasteiger partial charge is 0.228 e. The largest absolute Gasteiger partial charge is 0.344 e. The lowest BCUT2D eigenvalue weighted by Gasteiger charge is -2.56. The molecule has 124 valence electrons. The van der Waals surface area contributed by atoms with Gasteiger partial charge in [0.05, 0.1) is 5.41 Å². The second-order valence-corrected chi connectivity index (χ2v) is 8.52. The molecule has 0 atom stereocenters. The minimum absolute atomic E-state index is 0.0347. The third-order valence-corrected chi connectivity index (χ3v) is 6.80. The molecule has 4 nitrogen and oxygen atoms in total. The van der Waals surface area contributed by atoms with Gasteiger partial charge in [-0.05, 0) is 56.3 Å². The molecule has 0 aromatic carbocycles. The van der Waals surface area contributed by atoms with Crippen molar-refractivity contribution in [2.75, 3.05) is 46.3 Å². The van der Waals surface area contributed by atoms with E-state index in [2.05, 4.69) is 15.1 Å². The Morgan fingerprint density at radius 1 is 1.09 bits per heavy atom. The summed E-state index contributed by atoms with van der Waals surface area (Å²) >= 11 is 0.